The fourth-order valence-corrected chi connectivity index (χ4v) is 4.60. The van der Waals surface area contributed by atoms with Crippen molar-refractivity contribution >= 4 is 53.1 Å². The molecule has 0 nitrogen and oxygen atoms in total. The smallest absolute Gasteiger partial charge is 0.0434 e. The fourth-order valence-electron chi connectivity index (χ4n) is 3.23. The largest absolute Gasteiger partial charge is 0.134 e. The Kier molecular flexibility index (Phi) is 2.18. The van der Waals surface area contributed by atoms with Gasteiger partial charge >= 0.3 is 0 Å². The standard InChI is InChI=1S/C20H12S/c1-3-7-15-13(5-1)9-11-17-18-12-10-14-6-2-4-8-16(14)20(18)21-19(15)17/h1-12H. The first-order valence-corrected chi connectivity index (χ1v) is 7.95. The third-order valence-electron chi connectivity index (χ3n) is 4.25. The van der Waals surface area contributed by atoms with Crippen LogP contribution in [-0.2, 0) is 0 Å². The molecule has 0 saturated carbocycles. The van der Waals surface area contributed by atoms with E-state index in [2.05, 4.69) is 72.8 Å². The highest BCUT2D eigenvalue weighted by Gasteiger charge is 2.10. The molecule has 0 spiro atoms. The summed E-state index contributed by atoms with van der Waals surface area (Å²) < 4.78 is 2.80. The highest BCUT2D eigenvalue weighted by molar-refractivity contribution is 7.27. The zero-order chi connectivity index (χ0) is 13.8. The average Bonchev–Trinajstić information content (AvgIpc) is 2.94. The Balaban J connectivity index is 2.09. The maximum absolute atomic E-state index is 2.27. The predicted molar refractivity (Wildman–Crippen MR) is 94.3 cm³/mol. The molecular weight excluding hydrogens is 272 g/mol. The summed E-state index contributed by atoms with van der Waals surface area (Å²) in [4.78, 5) is 0. The molecule has 0 atom stereocenters. The van der Waals surface area contributed by atoms with Crippen molar-refractivity contribution in [2.45, 2.75) is 0 Å². The van der Waals surface area contributed by atoms with Gasteiger partial charge in [-0.15, -0.1) is 11.3 Å². The molecule has 0 unspecified atom stereocenters. The van der Waals surface area contributed by atoms with E-state index in [1.807, 2.05) is 11.3 Å². The van der Waals surface area contributed by atoms with Crippen LogP contribution in [-0.4, -0.2) is 0 Å². The SMILES string of the molecule is c1ccc2c(c1)ccc1c3ccc4ccccc4c3sc21. The van der Waals surface area contributed by atoms with Gasteiger partial charge in [0.25, 0.3) is 0 Å². The Morgan fingerprint density at radius 3 is 1.43 bits per heavy atom. The van der Waals surface area contributed by atoms with E-state index in [1.54, 1.807) is 0 Å². The van der Waals surface area contributed by atoms with E-state index < -0.39 is 0 Å². The van der Waals surface area contributed by atoms with Gasteiger partial charge in [-0.3, -0.25) is 0 Å². The molecule has 98 valence electrons. The summed E-state index contributed by atoms with van der Waals surface area (Å²) in [5.74, 6) is 0. The van der Waals surface area contributed by atoms with Crippen molar-refractivity contribution in [2.75, 3.05) is 0 Å². The third-order valence-corrected chi connectivity index (χ3v) is 5.54. The molecule has 0 saturated heterocycles. The molecule has 21 heavy (non-hydrogen) atoms. The van der Waals surface area contributed by atoms with E-state index >= 15 is 0 Å². The van der Waals surface area contributed by atoms with Crippen LogP contribution in [0.4, 0.5) is 0 Å². The molecule has 0 aliphatic heterocycles. The summed E-state index contributed by atoms with van der Waals surface area (Å²) in [5.41, 5.74) is 0. The zero-order valence-electron chi connectivity index (χ0n) is 11.3. The Bertz CT molecular complexity index is 1040. The highest BCUT2D eigenvalue weighted by atomic mass is 32.1. The van der Waals surface area contributed by atoms with Gasteiger partial charge in [0.2, 0.25) is 0 Å². The van der Waals surface area contributed by atoms with Crippen LogP contribution in [0.1, 0.15) is 0 Å². The molecule has 1 heteroatoms. The number of hydrogen-bond donors (Lipinski definition) is 0. The number of rotatable bonds is 0. The molecular formula is C20H12S. The summed E-state index contributed by atoms with van der Waals surface area (Å²) in [6, 6.07) is 26.3. The second-order valence-corrected chi connectivity index (χ2v) is 6.45. The number of fused-ring (bicyclic) bond motifs is 7. The van der Waals surface area contributed by atoms with Gasteiger partial charge in [-0.25, -0.2) is 0 Å². The lowest BCUT2D eigenvalue weighted by atomic mass is 10.0. The van der Waals surface area contributed by atoms with Crippen LogP contribution >= 0.6 is 11.3 Å². The van der Waals surface area contributed by atoms with Gasteiger partial charge in [-0.2, -0.15) is 0 Å². The van der Waals surface area contributed by atoms with Gasteiger partial charge < -0.3 is 0 Å². The van der Waals surface area contributed by atoms with Crippen molar-refractivity contribution in [3.63, 3.8) is 0 Å². The van der Waals surface area contributed by atoms with Crippen molar-refractivity contribution in [1.82, 2.24) is 0 Å². The van der Waals surface area contributed by atoms with Crippen molar-refractivity contribution in [2.24, 2.45) is 0 Å². The van der Waals surface area contributed by atoms with E-state index in [0.29, 0.717) is 0 Å². The molecule has 0 aliphatic carbocycles. The van der Waals surface area contributed by atoms with Crippen LogP contribution in [0.2, 0.25) is 0 Å². The molecule has 1 aromatic heterocycles. The summed E-state index contributed by atoms with van der Waals surface area (Å²) in [6.07, 6.45) is 0. The zero-order valence-corrected chi connectivity index (χ0v) is 12.2. The molecule has 0 radical (unpaired) electrons. The predicted octanol–water partition coefficient (Wildman–Crippen LogP) is 6.36. The third kappa shape index (κ3) is 1.50. The molecule has 4 aromatic carbocycles. The van der Waals surface area contributed by atoms with Gasteiger partial charge in [-0.05, 0) is 21.5 Å². The summed E-state index contributed by atoms with van der Waals surface area (Å²) in [5, 5.41) is 8.11. The monoisotopic (exact) mass is 284 g/mol. The molecule has 0 aliphatic rings. The molecule has 5 aromatic rings. The average molecular weight is 284 g/mol. The second kappa shape index (κ2) is 4.06. The molecule has 0 N–H and O–H groups in total. The lowest BCUT2D eigenvalue weighted by Gasteiger charge is -1.99. The van der Waals surface area contributed by atoms with E-state index in [-0.39, 0.29) is 0 Å². The Morgan fingerprint density at radius 1 is 0.429 bits per heavy atom. The molecule has 0 fully saturated rings. The normalized spacial score (nSPS) is 11.8. The van der Waals surface area contributed by atoms with E-state index in [0.717, 1.165) is 0 Å². The van der Waals surface area contributed by atoms with Gasteiger partial charge in [0.05, 0.1) is 0 Å². The lowest BCUT2D eigenvalue weighted by molar-refractivity contribution is 1.81. The Labute approximate surface area is 126 Å². The summed E-state index contributed by atoms with van der Waals surface area (Å²) in [6.45, 7) is 0. The summed E-state index contributed by atoms with van der Waals surface area (Å²) >= 11 is 1.92. The van der Waals surface area contributed by atoms with Crippen molar-refractivity contribution in [3.05, 3.63) is 72.8 Å². The van der Waals surface area contributed by atoms with Crippen LogP contribution in [0.15, 0.2) is 72.8 Å². The first kappa shape index (κ1) is 11.3. The number of benzene rings is 4. The van der Waals surface area contributed by atoms with Crippen LogP contribution < -0.4 is 0 Å². The first-order chi connectivity index (χ1) is 10.4. The molecule has 5 rings (SSSR count). The van der Waals surface area contributed by atoms with Gasteiger partial charge in [0.1, 0.15) is 0 Å². The topological polar surface area (TPSA) is 0 Å². The van der Waals surface area contributed by atoms with Crippen LogP contribution in [0, 0.1) is 0 Å². The quantitative estimate of drug-likeness (QED) is 0.310. The van der Waals surface area contributed by atoms with E-state index in [1.165, 1.54) is 41.7 Å². The van der Waals surface area contributed by atoms with Crippen molar-refractivity contribution in [1.29, 1.82) is 0 Å². The first-order valence-electron chi connectivity index (χ1n) is 7.13. The minimum Gasteiger partial charge on any atom is -0.134 e. The van der Waals surface area contributed by atoms with Crippen LogP contribution in [0.25, 0.3) is 41.7 Å². The number of hydrogen-bond acceptors (Lipinski definition) is 1. The maximum atomic E-state index is 2.27. The maximum Gasteiger partial charge on any atom is 0.0434 e. The molecule has 1 heterocycles. The van der Waals surface area contributed by atoms with Gasteiger partial charge in [0.15, 0.2) is 0 Å². The second-order valence-electron chi connectivity index (χ2n) is 5.43. The molecule has 0 bridgehead atoms. The van der Waals surface area contributed by atoms with Crippen molar-refractivity contribution in [3.8, 4) is 0 Å². The minimum atomic E-state index is 1.32. The van der Waals surface area contributed by atoms with E-state index in [4.69, 9.17) is 0 Å². The Morgan fingerprint density at radius 2 is 0.905 bits per heavy atom. The fraction of sp³-hybridized carbons (Fsp3) is 0. The van der Waals surface area contributed by atoms with Gasteiger partial charge in [0, 0.05) is 20.2 Å². The highest BCUT2D eigenvalue weighted by Crippen LogP contribution is 2.41. The van der Waals surface area contributed by atoms with Gasteiger partial charge in [-0.1, -0.05) is 72.8 Å². The minimum absolute atomic E-state index is 1.32. The Hall–Kier alpha value is -2.38. The van der Waals surface area contributed by atoms with Crippen LogP contribution in [0.3, 0.4) is 0 Å². The lowest BCUT2D eigenvalue weighted by Crippen LogP contribution is -1.73. The van der Waals surface area contributed by atoms with E-state index in [9.17, 15) is 0 Å². The number of thiophene rings is 1. The molecule has 0 amide bonds. The van der Waals surface area contributed by atoms with Crippen molar-refractivity contribution < 1.29 is 0 Å². The van der Waals surface area contributed by atoms with Crippen LogP contribution in [0.5, 0.6) is 0 Å². The summed E-state index contributed by atoms with van der Waals surface area (Å²) in [7, 11) is 0.